The molecule has 0 amide bonds. The van der Waals surface area contributed by atoms with Crippen molar-refractivity contribution in [2.45, 2.75) is 129 Å². The number of hydrogen-bond acceptors (Lipinski definition) is 1. The van der Waals surface area contributed by atoms with Crippen LogP contribution in [-0.4, -0.2) is 5.75 Å². The van der Waals surface area contributed by atoms with Gasteiger partial charge in [-0.15, -0.1) is 11.8 Å². The molecule has 0 aromatic carbocycles. The summed E-state index contributed by atoms with van der Waals surface area (Å²) in [7, 11) is 0. The van der Waals surface area contributed by atoms with Crippen LogP contribution >= 0.6 is 11.8 Å². The van der Waals surface area contributed by atoms with Crippen LogP contribution in [0.2, 0.25) is 0 Å². The van der Waals surface area contributed by atoms with Crippen molar-refractivity contribution >= 4 is 11.8 Å². The molecule has 0 fully saturated rings. The average Bonchev–Trinajstić information content (AvgIpc) is 2.68. The molecular weight excluding hydrogens is 332 g/mol. The number of rotatable bonds is 18. The molecule has 0 nitrogen and oxygen atoms in total. The molecule has 1 aliphatic carbocycles. The van der Waals surface area contributed by atoms with Crippen molar-refractivity contribution in [3.05, 3.63) is 23.1 Å². The first-order valence-electron chi connectivity index (χ1n) is 11.9. The lowest BCUT2D eigenvalue weighted by Crippen LogP contribution is -1.87. The maximum absolute atomic E-state index is 2.44. The number of thioether (sulfide) groups is 1. The molecule has 152 valence electrons. The van der Waals surface area contributed by atoms with E-state index in [0.29, 0.717) is 0 Å². The van der Waals surface area contributed by atoms with Crippen LogP contribution in [0.1, 0.15) is 129 Å². The van der Waals surface area contributed by atoms with Crippen LogP contribution < -0.4 is 0 Å². The molecular formula is C25H46S. The van der Waals surface area contributed by atoms with Crippen LogP contribution in [0.15, 0.2) is 23.1 Å². The highest BCUT2D eigenvalue weighted by Gasteiger charge is 1.99. The first-order chi connectivity index (χ1) is 12.9. The fraction of sp³-hybridized carbons (Fsp3) is 0.840. The maximum Gasteiger partial charge on any atom is -0.00260 e. The molecule has 1 heteroatoms. The van der Waals surface area contributed by atoms with Crippen molar-refractivity contribution in [1.82, 2.24) is 0 Å². The fourth-order valence-electron chi connectivity index (χ4n) is 3.74. The van der Waals surface area contributed by atoms with Crippen molar-refractivity contribution in [3.63, 3.8) is 0 Å². The second kappa shape index (κ2) is 19.6. The van der Waals surface area contributed by atoms with E-state index < -0.39 is 0 Å². The predicted octanol–water partition coefficient (Wildman–Crippen LogP) is 9.61. The molecule has 0 aromatic rings. The van der Waals surface area contributed by atoms with Crippen molar-refractivity contribution in [1.29, 1.82) is 0 Å². The van der Waals surface area contributed by atoms with Gasteiger partial charge in [0.25, 0.3) is 0 Å². The van der Waals surface area contributed by atoms with E-state index in [4.69, 9.17) is 0 Å². The summed E-state index contributed by atoms with van der Waals surface area (Å²) in [5.74, 6) is 1.33. The van der Waals surface area contributed by atoms with Gasteiger partial charge in [-0.05, 0) is 36.8 Å². The summed E-state index contributed by atoms with van der Waals surface area (Å²) in [6, 6.07) is 0. The molecule has 0 bridgehead atoms. The Morgan fingerprint density at radius 3 is 1.65 bits per heavy atom. The van der Waals surface area contributed by atoms with E-state index in [-0.39, 0.29) is 0 Å². The summed E-state index contributed by atoms with van der Waals surface area (Å²) >= 11 is 2.05. The van der Waals surface area contributed by atoms with Gasteiger partial charge in [0.05, 0.1) is 0 Å². The third-order valence-corrected chi connectivity index (χ3v) is 6.57. The van der Waals surface area contributed by atoms with Gasteiger partial charge < -0.3 is 0 Å². The van der Waals surface area contributed by atoms with E-state index in [9.17, 15) is 0 Å². The van der Waals surface area contributed by atoms with E-state index in [1.807, 2.05) is 0 Å². The number of hydrogen-bond donors (Lipinski definition) is 0. The summed E-state index contributed by atoms with van der Waals surface area (Å²) in [6.07, 6.45) is 31.7. The first-order valence-corrected chi connectivity index (χ1v) is 12.9. The summed E-state index contributed by atoms with van der Waals surface area (Å²) in [5.41, 5.74) is 1.65. The van der Waals surface area contributed by atoms with Crippen LogP contribution in [0.5, 0.6) is 0 Å². The Hall–Kier alpha value is -0.170. The van der Waals surface area contributed by atoms with Crippen LogP contribution in [0.25, 0.3) is 0 Å². The summed E-state index contributed by atoms with van der Waals surface area (Å²) < 4.78 is 0. The molecule has 1 rings (SSSR count). The molecule has 0 heterocycles. The van der Waals surface area contributed by atoms with Gasteiger partial charge >= 0.3 is 0 Å². The minimum atomic E-state index is 1.20. The number of unbranched alkanes of at least 4 members (excludes halogenated alkanes) is 15. The molecule has 1 aliphatic rings. The Morgan fingerprint density at radius 1 is 0.692 bits per heavy atom. The van der Waals surface area contributed by atoms with Gasteiger partial charge in [0.2, 0.25) is 0 Å². The average molecular weight is 379 g/mol. The minimum absolute atomic E-state index is 1.20. The van der Waals surface area contributed by atoms with Gasteiger partial charge in [-0.1, -0.05) is 121 Å². The van der Waals surface area contributed by atoms with E-state index >= 15 is 0 Å². The lowest BCUT2D eigenvalue weighted by Gasteiger charge is -2.07. The lowest BCUT2D eigenvalue weighted by atomic mass is 10.0. The van der Waals surface area contributed by atoms with Crippen LogP contribution in [0.4, 0.5) is 0 Å². The van der Waals surface area contributed by atoms with Gasteiger partial charge in [-0.25, -0.2) is 0 Å². The van der Waals surface area contributed by atoms with Crippen LogP contribution in [0.3, 0.4) is 0 Å². The van der Waals surface area contributed by atoms with Crippen molar-refractivity contribution < 1.29 is 0 Å². The largest absolute Gasteiger partial charge is 0.134 e. The van der Waals surface area contributed by atoms with Crippen molar-refractivity contribution in [2.24, 2.45) is 0 Å². The summed E-state index contributed by atoms with van der Waals surface area (Å²) in [4.78, 5) is 0. The lowest BCUT2D eigenvalue weighted by molar-refractivity contribution is 0.532. The molecule has 0 N–H and O–H groups in total. The highest BCUT2D eigenvalue weighted by atomic mass is 32.2. The van der Waals surface area contributed by atoms with Crippen LogP contribution in [-0.2, 0) is 0 Å². The minimum Gasteiger partial charge on any atom is -0.134 e. The third kappa shape index (κ3) is 16.0. The predicted molar refractivity (Wildman–Crippen MR) is 123 cm³/mol. The topological polar surface area (TPSA) is 0 Å². The second-order valence-electron chi connectivity index (χ2n) is 8.16. The molecule has 0 aromatic heterocycles. The molecule has 0 saturated carbocycles. The smallest absolute Gasteiger partial charge is 0.00260 e. The first kappa shape index (κ1) is 23.9. The molecule has 0 spiro atoms. The van der Waals surface area contributed by atoms with Crippen molar-refractivity contribution in [2.75, 3.05) is 5.75 Å². The molecule has 0 atom stereocenters. The van der Waals surface area contributed by atoms with E-state index in [1.54, 1.807) is 5.57 Å². The van der Waals surface area contributed by atoms with E-state index in [0.717, 1.165) is 0 Å². The molecule has 0 radical (unpaired) electrons. The molecule has 0 aliphatic heterocycles. The summed E-state index contributed by atoms with van der Waals surface area (Å²) in [5, 5.41) is 2.44. The van der Waals surface area contributed by atoms with Gasteiger partial charge in [-0.3, -0.25) is 0 Å². The zero-order valence-electron chi connectivity index (χ0n) is 17.8. The van der Waals surface area contributed by atoms with Gasteiger partial charge in [0.1, 0.15) is 0 Å². The van der Waals surface area contributed by atoms with Crippen molar-refractivity contribution in [3.8, 4) is 0 Å². The van der Waals surface area contributed by atoms with Gasteiger partial charge in [0.15, 0.2) is 0 Å². The Balaban J connectivity index is 1.69. The Kier molecular flexibility index (Phi) is 18.0. The van der Waals surface area contributed by atoms with E-state index in [2.05, 4.69) is 36.2 Å². The van der Waals surface area contributed by atoms with E-state index in [1.165, 1.54) is 128 Å². The Labute approximate surface area is 169 Å². The number of allylic oxidation sites excluding steroid dienone is 3. The SMILES string of the molecule is CCCCCCCCCCCCCCCCCCSC=C1CC=CCC1. The van der Waals surface area contributed by atoms with Crippen LogP contribution in [0, 0.1) is 0 Å². The molecule has 0 unspecified atom stereocenters. The normalized spacial score (nSPS) is 15.8. The van der Waals surface area contributed by atoms with Gasteiger partial charge in [-0.2, -0.15) is 0 Å². The summed E-state index contributed by atoms with van der Waals surface area (Å²) in [6.45, 7) is 2.30. The highest BCUT2D eigenvalue weighted by molar-refractivity contribution is 8.02. The molecule has 26 heavy (non-hydrogen) atoms. The highest BCUT2D eigenvalue weighted by Crippen LogP contribution is 2.21. The molecule has 0 saturated heterocycles. The Morgan fingerprint density at radius 2 is 1.19 bits per heavy atom. The van der Waals surface area contributed by atoms with Gasteiger partial charge in [0, 0.05) is 0 Å². The maximum atomic E-state index is 2.44. The zero-order chi connectivity index (χ0) is 18.5. The Bertz CT molecular complexity index is 342. The fourth-order valence-corrected chi connectivity index (χ4v) is 4.68. The standard InChI is InChI=1S/C25H46S/c1-2-3-4-5-6-7-8-9-10-11-12-13-14-15-16-20-23-26-24-25-21-18-17-19-22-25/h17-18,24H,2-16,19-23H2,1H3. The monoisotopic (exact) mass is 378 g/mol. The zero-order valence-corrected chi connectivity index (χ0v) is 18.6. The third-order valence-electron chi connectivity index (χ3n) is 5.54. The quantitative estimate of drug-likeness (QED) is 0.169. The second-order valence-corrected chi connectivity index (χ2v) is 9.14.